The third-order valence-electron chi connectivity index (χ3n) is 6.29. The number of phenols is 2. The summed E-state index contributed by atoms with van der Waals surface area (Å²) in [4.78, 5) is 0. The molecule has 0 aliphatic carbocycles. The van der Waals surface area contributed by atoms with Crippen LogP contribution in [0, 0.1) is 0 Å². The minimum atomic E-state index is -0.0482. The zero-order chi connectivity index (χ0) is 21.9. The summed E-state index contributed by atoms with van der Waals surface area (Å²) in [5, 5.41) is 25.2. The Morgan fingerprint density at radius 2 is 0.812 bits per heavy atom. The van der Waals surface area contributed by atoms with Gasteiger partial charge in [-0.25, -0.2) is 0 Å². The van der Waals surface area contributed by atoms with Crippen LogP contribution in [0.1, 0.15) is 22.3 Å². The third kappa shape index (κ3) is 4.31. The molecule has 0 aliphatic heterocycles. The van der Waals surface area contributed by atoms with Crippen molar-refractivity contribution < 1.29 is 10.2 Å². The maximum Gasteiger partial charge on any atom is 0.157 e. The summed E-state index contributed by atoms with van der Waals surface area (Å²) in [5.74, 6) is -0.0964. The van der Waals surface area contributed by atoms with E-state index in [1.807, 2.05) is 0 Å². The summed E-state index contributed by atoms with van der Waals surface area (Å²) >= 11 is 0. The summed E-state index contributed by atoms with van der Waals surface area (Å²) in [7, 11) is 0. The second kappa shape index (κ2) is 8.76. The van der Waals surface area contributed by atoms with Crippen LogP contribution in [0.25, 0.3) is 21.5 Å². The lowest BCUT2D eigenvalue weighted by Crippen LogP contribution is -2.00. The van der Waals surface area contributed by atoms with Gasteiger partial charge in [0.25, 0.3) is 0 Å². The highest BCUT2D eigenvalue weighted by atomic mass is 16.3. The van der Waals surface area contributed by atoms with E-state index in [1.165, 1.54) is 32.7 Å². The monoisotopic (exact) mass is 418 g/mol. The fraction of sp³-hybridized carbons (Fsp3) is 0.133. The normalized spacial score (nSPS) is 11.2. The number of rotatable bonds is 6. The Balaban J connectivity index is 1.35. The molecule has 0 amide bonds. The van der Waals surface area contributed by atoms with Gasteiger partial charge < -0.3 is 10.2 Å². The largest absolute Gasteiger partial charge is 0.504 e. The molecule has 2 heteroatoms. The summed E-state index contributed by atoms with van der Waals surface area (Å²) in [6, 6.07) is 33.4. The number of aromatic hydroxyl groups is 2. The molecule has 0 unspecified atom stereocenters. The summed E-state index contributed by atoms with van der Waals surface area (Å²) in [6.07, 6.45) is 3.41. The number of phenolic OH excluding ortho intramolecular Hbond substituents is 2. The first-order chi connectivity index (χ1) is 15.7. The average Bonchev–Trinajstić information content (AvgIpc) is 2.83. The van der Waals surface area contributed by atoms with Crippen molar-refractivity contribution in [1.82, 2.24) is 0 Å². The fourth-order valence-corrected chi connectivity index (χ4v) is 4.48. The van der Waals surface area contributed by atoms with Crippen molar-refractivity contribution in [2.75, 3.05) is 0 Å². The second-order valence-electron chi connectivity index (χ2n) is 8.47. The van der Waals surface area contributed by atoms with Crippen molar-refractivity contribution in [2.45, 2.75) is 25.7 Å². The summed E-state index contributed by atoms with van der Waals surface area (Å²) in [6.45, 7) is 0. The highest BCUT2D eigenvalue weighted by Gasteiger charge is 2.10. The summed E-state index contributed by atoms with van der Waals surface area (Å²) in [5.41, 5.74) is 4.73. The summed E-state index contributed by atoms with van der Waals surface area (Å²) < 4.78 is 0. The van der Waals surface area contributed by atoms with E-state index >= 15 is 0 Å². The van der Waals surface area contributed by atoms with E-state index in [1.54, 1.807) is 12.1 Å². The molecule has 0 atom stereocenters. The van der Waals surface area contributed by atoms with Crippen LogP contribution >= 0.6 is 0 Å². The SMILES string of the molecule is Oc1cc(CCc2ccc3ccccc3c2)c(CCc2ccc3ccccc3c2)cc1O. The second-order valence-corrected chi connectivity index (χ2v) is 8.47. The minimum Gasteiger partial charge on any atom is -0.504 e. The van der Waals surface area contributed by atoms with Crippen LogP contribution in [0.2, 0.25) is 0 Å². The van der Waals surface area contributed by atoms with Gasteiger partial charge in [-0.3, -0.25) is 0 Å². The van der Waals surface area contributed by atoms with E-state index in [9.17, 15) is 10.2 Å². The van der Waals surface area contributed by atoms with Crippen molar-refractivity contribution in [2.24, 2.45) is 0 Å². The van der Waals surface area contributed by atoms with Crippen LogP contribution in [0.15, 0.2) is 97.1 Å². The molecule has 2 nitrogen and oxygen atoms in total. The lowest BCUT2D eigenvalue weighted by atomic mass is 9.94. The molecule has 0 spiro atoms. The molecule has 32 heavy (non-hydrogen) atoms. The molecule has 0 heterocycles. The molecule has 0 aliphatic rings. The molecule has 2 N–H and O–H groups in total. The van der Waals surface area contributed by atoms with E-state index in [2.05, 4.69) is 84.9 Å². The average molecular weight is 419 g/mol. The van der Waals surface area contributed by atoms with E-state index in [-0.39, 0.29) is 11.5 Å². The van der Waals surface area contributed by atoms with Crippen molar-refractivity contribution in [3.05, 3.63) is 119 Å². The molecular formula is C30H26O2. The first kappa shape index (κ1) is 20.1. The van der Waals surface area contributed by atoms with Gasteiger partial charge in [0.05, 0.1) is 0 Å². The Hall–Kier alpha value is -3.78. The standard InChI is InChI=1S/C30H26O2/c31-29-19-27(15-11-21-9-13-23-5-1-3-7-25(23)17-21)28(20-30(29)32)16-12-22-10-14-24-6-2-4-8-26(24)18-22/h1-10,13-14,17-20,31-32H,11-12,15-16H2. The predicted octanol–water partition coefficient (Wildman–Crippen LogP) is 6.97. The highest BCUT2D eigenvalue weighted by Crippen LogP contribution is 2.30. The van der Waals surface area contributed by atoms with Gasteiger partial charge in [0, 0.05) is 0 Å². The lowest BCUT2D eigenvalue weighted by Gasteiger charge is -2.13. The van der Waals surface area contributed by atoms with Gasteiger partial charge in [-0.15, -0.1) is 0 Å². The van der Waals surface area contributed by atoms with Gasteiger partial charge in [0.2, 0.25) is 0 Å². The molecule has 158 valence electrons. The van der Waals surface area contributed by atoms with Gasteiger partial charge in [0.15, 0.2) is 11.5 Å². The maximum atomic E-state index is 10.1. The van der Waals surface area contributed by atoms with E-state index in [0.717, 1.165) is 36.8 Å². The van der Waals surface area contributed by atoms with Gasteiger partial charge >= 0.3 is 0 Å². The first-order valence-electron chi connectivity index (χ1n) is 11.1. The zero-order valence-electron chi connectivity index (χ0n) is 18.0. The van der Waals surface area contributed by atoms with Crippen molar-refractivity contribution in [3.63, 3.8) is 0 Å². The van der Waals surface area contributed by atoms with Crippen LogP contribution in [0.5, 0.6) is 11.5 Å². The minimum absolute atomic E-state index is 0.0482. The maximum absolute atomic E-state index is 10.1. The van der Waals surface area contributed by atoms with E-state index in [0.29, 0.717) is 0 Å². The predicted molar refractivity (Wildman–Crippen MR) is 132 cm³/mol. The zero-order valence-corrected chi connectivity index (χ0v) is 18.0. The van der Waals surface area contributed by atoms with Crippen LogP contribution in [0.3, 0.4) is 0 Å². The molecule has 0 aromatic heterocycles. The first-order valence-corrected chi connectivity index (χ1v) is 11.1. The Bertz CT molecular complexity index is 1290. The molecule has 5 aromatic carbocycles. The Morgan fingerprint density at radius 3 is 1.25 bits per heavy atom. The molecular weight excluding hydrogens is 392 g/mol. The molecule has 0 fully saturated rings. The Kier molecular flexibility index (Phi) is 5.51. The number of fused-ring (bicyclic) bond motifs is 2. The van der Waals surface area contributed by atoms with Gasteiger partial charge in [0.1, 0.15) is 0 Å². The molecule has 0 saturated carbocycles. The van der Waals surface area contributed by atoms with Crippen molar-refractivity contribution in [3.8, 4) is 11.5 Å². The van der Waals surface area contributed by atoms with Crippen LogP contribution in [0.4, 0.5) is 0 Å². The highest BCUT2D eigenvalue weighted by molar-refractivity contribution is 5.83. The van der Waals surface area contributed by atoms with Crippen molar-refractivity contribution in [1.29, 1.82) is 0 Å². The quantitative estimate of drug-likeness (QED) is 0.292. The fourth-order valence-electron chi connectivity index (χ4n) is 4.48. The molecule has 5 aromatic rings. The molecule has 0 radical (unpaired) electrons. The number of hydrogen-bond donors (Lipinski definition) is 2. The smallest absolute Gasteiger partial charge is 0.157 e. The topological polar surface area (TPSA) is 40.5 Å². The van der Waals surface area contributed by atoms with E-state index < -0.39 is 0 Å². The van der Waals surface area contributed by atoms with E-state index in [4.69, 9.17) is 0 Å². The molecule has 0 bridgehead atoms. The third-order valence-corrected chi connectivity index (χ3v) is 6.29. The van der Waals surface area contributed by atoms with Crippen LogP contribution in [-0.4, -0.2) is 10.2 Å². The molecule has 5 rings (SSSR count). The number of aryl methyl sites for hydroxylation is 4. The number of benzene rings is 5. The van der Waals surface area contributed by atoms with Gasteiger partial charge in [-0.1, -0.05) is 84.9 Å². The van der Waals surface area contributed by atoms with Crippen LogP contribution in [-0.2, 0) is 25.7 Å². The Morgan fingerprint density at radius 1 is 0.406 bits per heavy atom. The number of hydrogen-bond acceptors (Lipinski definition) is 2. The van der Waals surface area contributed by atoms with Gasteiger partial charge in [-0.2, -0.15) is 0 Å². The molecule has 0 saturated heterocycles. The lowest BCUT2D eigenvalue weighted by molar-refractivity contribution is 0.402. The Labute approximate surface area is 188 Å². The van der Waals surface area contributed by atoms with Crippen molar-refractivity contribution >= 4 is 21.5 Å². The van der Waals surface area contributed by atoms with Crippen LogP contribution < -0.4 is 0 Å². The van der Waals surface area contributed by atoms with Gasteiger partial charge in [-0.05, 0) is 81.6 Å².